The zero-order chi connectivity index (χ0) is 23.4. The Bertz CT molecular complexity index is 941. The van der Waals surface area contributed by atoms with Crippen LogP contribution in [0, 0.1) is 34.5 Å². The molecule has 0 saturated heterocycles. The van der Waals surface area contributed by atoms with Crippen LogP contribution >= 0.6 is 0 Å². The second-order valence-corrected chi connectivity index (χ2v) is 11.5. The summed E-state index contributed by atoms with van der Waals surface area (Å²) in [5.74, 6) is 0.925. The standard InChI is InChI=1S/C28H36O5/c1-17(29)32-20-11-13-27(2)19(15-20)16-23(30)25-21-9-10-24(28(21,3)14-12-22(25)27)33-26(31)18-7-5-4-6-8-18/h4-8,19-22,24-25H,9-16H2,1-3H3/t19-,20+,21+,22+,24-,25-,27-,28+/m0/s1. The normalized spacial score (nSPS) is 42.0. The molecule has 4 fully saturated rings. The van der Waals surface area contributed by atoms with E-state index in [4.69, 9.17) is 9.47 Å². The number of hydrogen-bond acceptors (Lipinski definition) is 5. The average Bonchev–Trinajstić information content (AvgIpc) is 3.11. The zero-order valence-corrected chi connectivity index (χ0v) is 20.0. The first kappa shape index (κ1) is 22.6. The monoisotopic (exact) mass is 452 g/mol. The minimum Gasteiger partial charge on any atom is -0.463 e. The maximum Gasteiger partial charge on any atom is 0.338 e. The topological polar surface area (TPSA) is 69.7 Å². The Kier molecular flexibility index (Phi) is 5.65. The van der Waals surface area contributed by atoms with Crippen LogP contribution in [-0.2, 0) is 19.1 Å². The third kappa shape index (κ3) is 3.72. The van der Waals surface area contributed by atoms with Crippen LogP contribution in [0.1, 0.15) is 82.5 Å². The number of fused-ring (bicyclic) bond motifs is 5. The minimum atomic E-state index is -0.254. The Morgan fingerprint density at radius 1 is 0.909 bits per heavy atom. The van der Waals surface area contributed by atoms with Gasteiger partial charge >= 0.3 is 11.9 Å². The van der Waals surface area contributed by atoms with Gasteiger partial charge in [-0.25, -0.2) is 4.79 Å². The predicted octanol–water partition coefficient (Wildman–Crippen LogP) is 5.37. The van der Waals surface area contributed by atoms with Crippen molar-refractivity contribution in [2.45, 2.75) is 84.3 Å². The van der Waals surface area contributed by atoms with Crippen molar-refractivity contribution in [3.8, 4) is 0 Å². The second-order valence-electron chi connectivity index (χ2n) is 11.5. The largest absolute Gasteiger partial charge is 0.463 e. The van der Waals surface area contributed by atoms with Crippen LogP contribution in [0.2, 0.25) is 0 Å². The van der Waals surface area contributed by atoms with Crippen molar-refractivity contribution in [1.29, 1.82) is 0 Å². The minimum absolute atomic E-state index is 0.0490. The van der Waals surface area contributed by atoms with Gasteiger partial charge in [-0.15, -0.1) is 0 Å². The van der Waals surface area contributed by atoms with Crippen molar-refractivity contribution in [3.63, 3.8) is 0 Å². The van der Waals surface area contributed by atoms with Gasteiger partial charge in [0.15, 0.2) is 0 Å². The first-order chi connectivity index (χ1) is 15.7. The SMILES string of the molecule is CC(=O)O[C@@H]1CC[C@@]2(C)[C@H](CC(=O)[C@@H]3[C@H]2CC[C@@]2(C)[C@@H](OC(=O)c4ccccc4)CC[C@H]32)C1. The van der Waals surface area contributed by atoms with E-state index in [9.17, 15) is 14.4 Å². The Balaban J connectivity index is 1.34. The van der Waals surface area contributed by atoms with Gasteiger partial charge in [-0.3, -0.25) is 9.59 Å². The van der Waals surface area contributed by atoms with Gasteiger partial charge in [0.05, 0.1) is 5.56 Å². The molecule has 0 aromatic heterocycles. The van der Waals surface area contributed by atoms with Crippen molar-refractivity contribution in [3.05, 3.63) is 35.9 Å². The van der Waals surface area contributed by atoms with Gasteiger partial charge in [0.1, 0.15) is 18.0 Å². The number of carbonyl (C=O) groups is 3. The maximum atomic E-state index is 13.6. The fraction of sp³-hybridized carbons (Fsp3) is 0.679. The predicted molar refractivity (Wildman–Crippen MR) is 123 cm³/mol. The molecule has 0 bridgehead atoms. The molecule has 0 N–H and O–H groups in total. The Morgan fingerprint density at radius 2 is 1.61 bits per heavy atom. The van der Waals surface area contributed by atoms with Crippen LogP contribution in [0.3, 0.4) is 0 Å². The first-order valence-electron chi connectivity index (χ1n) is 12.7. The summed E-state index contributed by atoms with van der Waals surface area (Å²) in [7, 11) is 0. The molecule has 5 nitrogen and oxygen atoms in total. The zero-order valence-electron chi connectivity index (χ0n) is 20.0. The van der Waals surface area contributed by atoms with Crippen LogP contribution in [0.15, 0.2) is 30.3 Å². The summed E-state index contributed by atoms with van der Waals surface area (Å²) in [6, 6.07) is 9.20. The molecular weight excluding hydrogens is 416 g/mol. The Hall–Kier alpha value is -2.17. The highest BCUT2D eigenvalue weighted by molar-refractivity contribution is 5.89. The van der Waals surface area contributed by atoms with E-state index in [2.05, 4.69) is 13.8 Å². The lowest BCUT2D eigenvalue weighted by molar-refractivity contribution is -0.168. The molecule has 4 aliphatic rings. The molecule has 5 rings (SSSR count). The molecule has 4 aliphatic carbocycles. The van der Waals surface area contributed by atoms with Gasteiger partial charge in [-0.2, -0.15) is 0 Å². The van der Waals surface area contributed by atoms with Crippen molar-refractivity contribution in [2.24, 2.45) is 34.5 Å². The van der Waals surface area contributed by atoms with Crippen LogP contribution in [-0.4, -0.2) is 29.9 Å². The summed E-state index contributed by atoms with van der Waals surface area (Å²) in [5, 5.41) is 0. The van der Waals surface area contributed by atoms with Crippen molar-refractivity contribution in [2.75, 3.05) is 0 Å². The summed E-state index contributed by atoms with van der Waals surface area (Å²) < 4.78 is 11.6. The molecule has 0 spiro atoms. The lowest BCUT2D eigenvalue weighted by atomic mass is 9.45. The van der Waals surface area contributed by atoms with Crippen molar-refractivity contribution in [1.82, 2.24) is 0 Å². The number of esters is 2. The third-order valence-electron chi connectivity index (χ3n) is 9.93. The fourth-order valence-corrected chi connectivity index (χ4v) is 8.15. The molecule has 8 atom stereocenters. The van der Waals surface area contributed by atoms with Gasteiger partial charge in [0.2, 0.25) is 0 Å². The summed E-state index contributed by atoms with van der Waals surface area (Å²) in [6.07, 6.45) is 6.92. The number of ether oxygens (including phenoxy) is 2. The van der Waals surface area contributed by atoms with E-state index >= 15 is 0 Å². The molecule has 4 saturated carbocycles. The third-order valence-corrected chi connectivity index (χ3v) is 9.93. The molecule has 0 radical (unpaired) electrons. The molecule has 1 aromatic rings. The van der Waals surface area contributed by atoms with Crippen LogP contribution in [0.25, 0.3) is 0 Å². The number of carbonyl (C=O) groups excluding carboxylic acids is 3. The number of benzene rings is 1. The summed E-state index contributed by atoms with van der Waals surface area (Å²) in [5.41, 5.74) is 0.571. The molecule has 0 unspecified atom stereocenters. The molecule has 5 heteroatoms. The van der Waals surface area contributed by atoms with E-state index in [1.54, 1.807) is 12.1 Å². The van der Waals surface area contributed by atoms with Gasteiger partial charge < -0.3 is 9.47 Å². The number of rotatable bonds is 3. The molecule has 33 heavy (non-hydrogen) atoms. The van der Waals surface area contributed by atoms with Crippen LogP contribution in [0.4, 0.5) is 0 Å². The van der Waals surface area contributed by atoms with Crippen molar-refractivity contribution < 1.29 is 23.9 Å². The maximum absolute atomic E-state index is 13.6. The Labute approximate surface area is 196 Å². The molecule has 0 heterocycles. The van der Waals surface area contributed by atoms with Crippen LogP contribution < -0.4 is 0 Å². The molecule has 0 amide bonds. The molecule has 178 valence electrons. The summed E-state index contributed by atoms with van der Waals surface area (Å²) >= 11 is 0. The Morgan fingerprint density at radius 3 is 2.33 bits per heavy atom. The van der Waals surface area contributed by atoms with Crippen molar-refractivity contribution >= 4 is 17.7 Å². The van der Waals surface area contributed by atoms with Gasteiger partial charge in [-0.05, 0) is 80.2 Å². The molecule has 1 aromatic carbocycles. The number of ketones is 1. The lowest BCUT2D eigenvalue weighted by Gasteiger charge is -2.59. The van der Waals surface area contributed by atoms with E-state index in [-0.39, 0.29) is 46.8 Å². The number of hydrogen-bond donors (Lipinski definition) is 0. The fourth-order valence-electron chi connectivity index (χ4n) is 8.15. The summed E-state index contributed by atoms with van der Waals surface area (Å²) in [4.78, 5) is 37.8. The quantitative estimate of drug-likeness (QED) is 0.577. The average molecular weight is 453 g/mol. The van der Waals surface area contributed by atoms with Gasteiger partial charge in [0.25, 0.3) is 0 Å². The highest BCUT2D eigenvalue weighted by Gasteiger charge is 2.63. The summed E-state index contributed by atoms with van der Waals surface area (Å²) in [6.45, 7) is 6.11. The molecule has 0 aliphatic heterocycles. The highest BCUT2D eigenvalue weighted by atomic mass is 16.5. The van der Waals surface area contributed by atoms with E-state index in [0.29, 0.717) is 29.6 Å². The second kappa shape index (κ2) is 8.25. The van der Waals surface area contributed by atoms with Gasteiger partial charge in [-0.1, -0.05) is 32.0 Å². The number of Topliss-reactive ketones (excluding diaryl/α,β-unsaturated/α-hetero) is 1. The van der Waals surface area contributed by atoms with Crippen LogP contribution in [0.5, 0.6) is 0 Å². The highest BCUT2D eigenvalue weighted by Crippen LogP contribution is 2.65. The van der Waals surface area contributed by atoms with E-state index < -0.39 is 0 Å². The van der Waals surface area contributed by atoms with E-state index in [1.807, 2.05) is 18.2 Å². The molecular formula is C28H36O5. The van der Waals surface area contributed by atoms with E-state index in [0.717, 1.165) is 44.9 Å². The smallest absolute Gasteiger partial charge is 0.338 e. The first-order valence-corrected chi connectivity index (χ1v) is 12.7. The van der Waals surface area contributed by atoms with E-state index in [1.165, 1.54) is 6.92 Å². The van der Waals surface area contributed by atoms with Gasteiger partial charge in [0, 0.05) is 24.7 Å². The lowest BCUT2D eigenvalue weighted by Crippen LogP contribution is -2.58.